The zero-order chi connectivity index (χ0) is 38.6. The number of rotatable bonds is 6. The summed E-state index contributed by atoms with van der Waals surface area (Å²) in [6.45, 7) is 21.3. The lowest BCUT2D eigenvalue weighted by atomic mass is 9.93. The lowest BCUT2D eigenvalue weighted by Crippen LogP contribution is -1.93. The largest absolute Gasteiger partial charge is 0.0810 e. The molecule has 6 rings (SSSR count). The van der Waals surface area contributed by atoms with Gasteiger partial charge in [0.1, 0.15) is 0 Å². The normalized spacial score (nSPS) is 14.0. The summed E-state index contributed by atoms with van der Waals surface area (Å²) >= 11 is 0. The van der Waals surface area contributed by atoms with Gasteiger partial charge in [-0.3, -0.25) is 0 Å². The van der Waals surface area contributed by atoms with Crippen LogP contribution < -0.4 is 0 Å². The molecular weight excluding hydrogens is 637 g/mol. The highest BCUT2D eigenvalue weighted by Crippen LogP contribution is 2.32. The zero-order valence-electron chi connectivity index (χ0n) is 34.4. The first kappa shape index (κ1) is 42.5. The molecule has 0 saturated carbocycles. The quantitative estimate of drug-likeness (QED) is 0.176. The third-order valence-corrected chi connectivity index (χ3v) is 9.42. The SMILES string of the molecule is CC.CC(C)=C/C=C\C=C(/C)C1=CCCC=C1C.CC1=CCCCC=C1c1ccccc1C.Cc1ccc(-c2ccccc2-c2ccc(C)cc2)cc1. The first-order chi connectivity index (χ1) is 25.6. The second-order valence-electron chi connectivity index (χ2n) is 14.1. The molecule has 2 aliphatic rings. The molecule has 0 spiro atoms. The highest BCUT2D eigenvalue weighted by Gasteiger charge is 2.09. The van der Waals surface area contributed by atoms with Gasteiger partial charge in [0.05, 0.1) is 0 Å². The van der Waals surface area contributed by atoms with Gasteiger partial charge in [-0.1, -0.05) is 176 Å². The fourth-order valence-electron chi connectivity index (χ4n) is 6.41. The molecule has 0 aromatic heterocycles. The molecule has 276 valence electrons. The Kier molecular flexibility index (Phi) is 18.3. The van der Waals surface area contributed by atoms with Gasteiger partial charge in [0, 0.05) is 0 Å². The van der Waals surface area contributed by atoms with Crippen molar-refractivity contribution >= 4 is 5.57 Å². The van der Waals surface area contributed by atoms with Gasteiger partial charge in [-0.15, -0.1) is 0 Å². The number of allylic oxidation sites excluding steroid dienone is 14. The number of benzene rings is 4. The van der Waals surface area contributed by atoms with Crippen LogP contribution in [0.1, 0.15) is 103 Å². The molecule has 0 N–H and O–H groups in total. The van der Waals surface area contributed by atoms with E-state index in [0.717, 1.165) is 0 Å². The molecule has 0 fully saturated rings. The van der Waals surface area contributed by atoms with Gasteiger partial charge >= 0.3 is 0 Å². The van der Waals surface area contributed by atoms with Crippen LogP contribution in [0.15, 0.2) is 174 Å². The molecule has 0 amide bonds. The van der Waals surface area contributed by atoms with E-state index in [-0.39, 0.29) is 0 Å². The minimum Gasteiger partial charge on any atom is -0.0810 e. The molecule has 0 atom stereocenters. The molecule has 0 bridgehead atoms. The van der Waals surface area contributed by atoms with Gasteiger partial charge in [-0.05, 0) is 149 Å². The van der Waals surface area contributed by atoms with Crippen LogP contribution in [0.2, 0.25) is 0 Å². The van der Waals surface area contributed by atoms with Crippen molar-refractivity contribution < 1.29 is 0 Å². The van der Waals surface area contributed by atoms with E-state index >= 15 is 0 Å². The van der Waals surface area contributed by atoms with Crippen LogP contribution in [0.3, 0.4) is 0 Å². The van der Waals surface area contributed by atoms with Crippen molar-refractivity contribution in [3.8, 4) is 22.3 Å². The van der Waals surface area contributed by atoms with Crippen LogP contribution >= 0.6 is 0 Å². The van der Waals surface area contributed by atoms with Gasteiger partial charge < -0.3 is 0 Å². The van der Waals surface area contributed by atoms with E-state index in [1.807, 2.05) is 13.8 Å². The standard InChI is InChI=1S/C20H18.C16H22.C15H18.C2H6/c1-15-7-11-17(12-8-15)19-5-3-4-6-20(19)18-13-9-16(2)10-14-18;1-13(2)9-5-6-10-14(3)16-12-8-7-11-15(16)4;1-12-8-4-3-5-10-14(12)15-11-7-6-9-13(15)2;1-2/h3-14H,1-2H3;5-6,9-12H,7-8H2,1-4H3;6-11H,3-5H2,1-2H3;1-2H3/b;6-5-,14-10+;;. The molecule has 4 aromatic rings. The number of aryl methyl sites for hydroxylation is 3. The fraction of sp³-hybridized carbons (Fsp3) is 0.283. The van der Waals surface area contributed by atoms with Crippen LogP contribution in [0, 0.1) is 20.8 Å². The first-order valence-corrected chi connectivity index (χ1v) is 19.7. The van der Waals surface area contributed by atoms with E-state index in [2.05, 4.69) is 201 Å². The Balaban J connectivity index is 0.000000212. The topological polar surface area (TPSA) is 0 Å². The van der Waals surface area contributed by atoms with E-state index in [1.165, 1.54) is 110 Å². The third kappa shape index (κ3) is 13.9. The average Bonchev–Trinajstić information content (AvgIpc) is 3.39. The minimum absolute atomic E-state index is 1.18. The Hall–Kier alpha value is -4.94. The van der Waals surface area contributed by atoms with Crippen molar-refractivity contribution in [2.24, 2.45) is 0 Å². The molecule has 4 aromatic carbocycles. The smallest absolute Gasteiger partial charge is 0.0105 e. The molecule has 0 radical (unpaired) electrons. The summed E-state index contributed by atoms with van der Waals surface area (Å²) in [7, 11) is 0. The van der Waals surface area contributed by atoms with E-state index in [9.17, 15) is 0 Å². The minimum atomic E-state index is 1.18. The van der Waals surface area contributed by atoms with Gasteiger partial charge in [0.25, 0.3) is 0 Å². The van der Waals surface area contributed by atoms with Gasteiger partial charge in [-0.25, -0.2) is 0 Å². The molecule has 2 aliphatic carbocycles. The van der Waals surface area contributed by atoms with Gasteiger partial charge in [0.2, 0.25) is 0 Å². The van der Waals surface area contributed by atoms with E-state index in [1.54, 1.807) is 0 Å². The predicted octanol–water partition coefficient (Wildman–Crippen LogP) is 16.3. The van der Waals surface area contributed by atoms with Crippen LogP contribution in [0.25, 0.3) is 27.8 Å². The molecule has 0 heterocycles. The summed E-state index contributed by atoms with van der Waals surface area (Å²) < 4.78 is 0. The van der Waals surface area contributed by atoms with Crippen molar-refractivity contribution in [3.63, 3.8) is 0 Å². The predicted molar refractivity (Wildman–Crippen MR) is 238 cm³/mol. The van der Waals surface area contributed by atoms with Crippen LogP contribution in [-0.4, -0.2) is 0 Å². The van der Waals surface area contributed by atoms with Crippen molar-refractivity contribution in [1.82, 2.24) is 0 Å². The fourth-order valence-corrected chi connectivity index (χ4v) is 6.41. The summed E-state index contributed by atoms with van der Waals surface area (Å²) in [5, 5.41) is 0. The van der Waals surface area contributed by atoms with Crippen LogP contribution in [0.5, 0.6) is 0 Å². The zero-order valence-corrected chi connectivity index (χ0v) is 34.4. The van der Waals surface area contributed by atoms with E-state index in [4.69, 9.17) is 0 Å². The van der Waals surface area contributed by atoms with Crippen LogP contribution in [-0.2, 0) is 0 Å². The lowest BCUT2D eigenvalue weighted by molar-refractivity contribution is 0.874. The van der Waals surface area contributed by atoms with Crippen molar-refractivity contribution in [2.45, 2.75) is 101 Å². The Bertz CT molecular complexity index is 1870. The van der Waals surface area contributed by atoms with Gasteiger partial charge in [-0.2, -0.15) is 0 Å². The molecule has 0 unspecified atom stereocenters. The second-order valence-corrected chi connectivity index (χ2v) is 14.1. The summed E-state index contributed by atoms with van der Waals surface area (Å²) in [6.07, 6.45) is 24.0. The maximum atomic E-state index is 2.39. The molecule has 0 aliphatic heterocycles. The summed E-state index contributed by atoms with van der Waals surface area (Å²) in [6, 6.07) is 34.7. The first-order valence-electron chi connectivity index (χ1n) is 19.7. The average molecular weight is 701 g/mol. The van der Waals surface area contributed by atoms with Gasteiger partial charge in [0.15, 0.2) is 0 Å². The molecule has 0 nitrogen and oxygen atoms in total. The summed E-state index contributed by atoms with van der Waals surface area (Å²) in [5.74, 6) is 0. The second kappa shape index (κ2) is 22.9. The number of hydrogen-bond donors (Lipinski definition) is 0. The maximum Gasteiger partial charge on any atom is -0.0105 e. The van der Waals surface area contributed by atoms with E-state index < -0.39 is 0 Å². The highest BCUT2D eigenvalue weighted by molar-refractivity contribution is 5.83. The summed E-state index contributed by atoms with van der Waals surface area (Å²) in [5.41, 5.74) is 18.8. The molecule has 0 heteroatoms. The van der Waals surface area contributed by atoms with Crippen molar-refractivity contribution in [3.05, 3.63) is 196 Å². The summed E-state index contributed by atoms with van der Waals surface area (Å²) in [4.78, 5) is 0. The lowest BCUT2D eigenvalue weighted by Gasteiger charge is -2.12. The Labute approximate surface area is 323 Å². The van der Waals surface area contributed by atoms with E-state index in [0.29, 0.717) is 0 Å². The molecular formula is C53H64. The van der Waals surface area contributed by atoms with Crippen molar-refractivity contribution in [2.75, 3.05) is 0 Å². The Morgan fingerprint density at radius 1 is 0.472 bits per heavy atom. The maximum absolute atomic E-state index is 2.39. The van der Waals surface area contributed by atoms with Crippen LogP contribution in [0.4, 0.5) is 0 Å². The Morgan fingerprint density at radius 2 is 0.943 bits per heavy atom. The monoisotopic (exact) mass is 701 g/mol. The molecule has 0 saturated heterocycles. The van der Waals surface area contributed by atoms with Crippen molar-refractivity contribution in [1.29, 1.82) is 0 Å². The highest BCUT2D eigenvalue weighted by atomic mass is 14.1. The number of hydrogen-bond acceptors (Lipinski definition) is 0. The molecule has 53 heavy (non-hydrogen) atoms. The third-order valence-electron chi connectivity index (χ3n) is 9.42. The Morgan fingerprint density at radius 3 is 1.47 bits per heavy atom.